The molecule has 3 aromatic heterocycles. The summed E-state index contributed by atoms with van der Waals surface area (Å²) in [5.74, 6) is 0. The molecular formula is C40H24N2O. The van der Waals surface area contributed by atoms with Crippen LogP contribution in [0.5, 0.6) is 0 Å². The molecule has 0 spiro atoms. The molecule has 7 aromatic carbocycles. The van der Waals surface area contributed by atoms with E-state index in [1.807, 2.05) is 6.07 Å². The Balaban J connectivity index is 1.36. The molecule has 0 amide bonds. The van der Waals surface area contributed by atoms with E-state index in [9.17, 15) is 0 Å². The lowest BCUT2D eigenvalue weighted by Crippen LogP contribution is -1.95. The fourth-order valence-electron chi connectivity index (χ4n) is 7.24. The van der Waals surface area contributed by atoms with E-state index >= 15 is 0 Å². The van der Waals surface area contributed by atoms with Crippen molar-refractivity contribution < 1.29 is 4.42 Å². The molecule has 0 aliphatic rings. The molecule has 0 fully saturated rings. The standard InChI is InChI=1S/C40H24N2O/c1-2-11-27(12-3-1)41-33-16-7-4-13-28(33)31-21-25-22-32-29-14-5-8-17-34(29)42(37(32)24-26(25)23-36(31)41)35-18-10-20-39-40(35)30-15-6-9-19-38(30)43-39/h1-24H. The second-order valence-electron chi connectivity index (χ2n) is 11.4. The second kappa shape index (κ2) is 8.37. The summed E-state index contributed by atoms with van der Waals surface area (Å²) < 4.78 is 11.1. The summed E-state index contributed by atoms with van der Waals surface area (Å²) in [6.07, 6.45) is 0. The van der Waals surface area contributed by atoms with Crippen molar-refractivity contribution in [3.8, 4) is 11.4 Å². The third-order valence-electron chi connectivity index (χ3n) is 9.06. The molecule has 3 heterocycles. The van der Waals surface area contributed by atoms with Crippen molar-refractivity contribution in [2.45, 2.75) is 0 Å². The van der Waals surface area contributed by atoms with Gasteiger partial charge in [0.25, 0.3) is 0 Å². The molecule has 0 atom stereocenters. The number of aromatic nitrogens is 2. The molecule has 0 radical (unpaired) electrons. The van der Waals surface area contributed by atoms with Crippen molar-refractivity contribution in [3.63, 3.8) is 0 Å². The minimum Gasteiger partial charge on any atom is -0.456 e. The predicted molar refractivity (Wildman–Crippen MR) is 180 cm³/mol. The summed E-state index contributed by atoms with van der Waals surface area (Å²) in [4.78, 5) is 0. The van der Waals surface area contributed by atoms with Crippen molar-refractivity contribution in [1.29, 1.82) is 0 Å². The van der Waals surface area contributed by atoms with E-state index in [-0.39, 0.29) is 0 Å². The highest BCUT2D eigenvalue weighted by molar-refractivity contribution is 6.19. The topological polar surface area (TPSA) is 23.0 Å². The largest absolute Gasteiger partial charge is 0.456 e. The van der Waals surface area contributed by atoms with Crippen molar-refractivity contribution in [3.05, 3.63) is 146 Å². The van der Waals surface area contributed by atoms with Crippen molar-refractivity contribution >= 4 is 76.3 Å². The summed E-state index contributed by atoms with van der Waals surface area (Å²) in [7, 11) is 0. The normalized spacial score (nSPS) is 12.2. The molecule has 43 heavy (non-hydrogen) atoms. The number of nitrogens with zero attached hydrogens (tertiary/aromatic N) is 2. The van der Waals surface area contributed by atoms with Gasteiger partial charge in [-0.1, -0.05) is 78.9 Å². The maximum Gasteiger partial charge on any atom is 0.137 e. The highest BCUT2D eigenvalue weighted by Crippen LogP contribution is 2.41. The molecule has 10 rings (SSSR count). The van der Waals surface area contributed by atoms with Gasteiger partial charge in [-0.15, -0.1) is 0 Å². The van der Waals surface area contributed by atoms with Crippen LogP contribution < -0.4 is 0 Å². The fourth-order valence-corrected chi connectivity index (χ4v) is 7.24. The van der Waals surface area contributed by atoms with Crippen LogP contribution in [-0.4, -0.2) is 9.13 Å². The first-order chi connectivity index (χ1) is 21.3. The summed E-state index contributed by atoms with van der Waals surface area (Å²) in [6.45, 7) is 0. The highest BCUT2D eigenvalue weighted by atomic mass is 16.3. The number of benzene rings is 7. The van der Waals surface area contributed by atoms with Gasteiger partial charge in [0, 0.05) is 32.6 Å². The SMILES string of the molecule is c1ccc(-n2c3ccccc3c3cc4cc5c6ccccc6n(-c6cccc7oc8ccccc8c67)c5cc4cc32)cc1. The molecule has 0 saturated carbocycles. The van der Waals surface area contributed by atoms with Gasteiger partial charge in [0.1, 0.15) is 11.2 Å². The number of rotatable bonds is 2. The Labute approximate surface area is 246 Å². The quantitative estimate of drug-likeness (QED) is 0.211. The minimum atomic E-state index is 0.902. The molecule has 0 unspecified atom stereocenters. The molecule has 0 aliphatic heterocycles. The lowest BCUT2D eigenvalue weighted by Gasteiger charge is -2.11. The molecule has 3 heteroatoms. The van der Waals surface area contributed by atoms with Crippen LogP contribution in [0.3, 0.4) is 0 Å². The second-order valence-corrected chi connectivity index (χ2v) is 11.4. The Bertz CT molecular complexity index is 2720. The van der Waals surface area contributed by atoms with E-state index < -0.39 is 0 Å². The van der Waals surface area contributed by atoms with Crippen molar-refractivity contribution in [2.75, 3.05) is 0 Å². The molecule has 3 nitrogen and oxygen atoms in total. The van der Waals surface area contributed by atoms with Crippen LogP contribution in [-0.2, 0) is 0 Å². The lowest BCUT2D eigenvalue weighted by molar-refractivity contribution is 0.669. The Morgan fingerprint density at radius 1 is 0.372 bits per heavy atom. The summed E-state index contributed by atoms with van der Waals surface area (Å²) >= 11 is 0. The monoisotopic (exact) mass is 548 g/mol. The Morgan fingerprint density at radius 2 is 0.930 bits per heavy atom. The number of furan rings is 1. The van der Waals surface area contributed by atoms with E-state index in [2.05, 4.69) is 149 Å². The fraction of sp³-hybridized carbons (Fsp3) is 0. The summed E-state index contributed by atoms with van der Waals surface area (Å²) in [5.41, 5.74) is 8.92. The minimum absolute atomic E-state index is 0.902. The van der Waals surface area contributed by atoms with Crippen LogP contribution in [0.1, 0.15) is 0 Å². The number of para-hydroxylation sites is 4. The molecule has 0 aliphatic carbocycles. The average molecular weight is 549 g/mol. The zero-order valence-electron chi connectivity index (χ0n) is 23.2. The van der Waals surface area contributed by atoms with Gasteiger partial charge in [0.15, 0.2) is 0 Å². The van der Waals surface area contributed by atoms with Gasteiger partial charge >= 0.3 is 0 Å². The lowest BCUT2D eigenvalue weighted by atomic mass is 10.0. The molecule has 200 valence electrons. The van der Waals surface area contributed by atoms with Crippen LogP contribution in [0, 0.1) is 0 Å². The molecule has 0 N–H and O–H groups in total. The Kier molecular flexibility index (Phi) is 4.45. The Morgan fingerprint density at radius 3 is 1.67 bits per heavy atom. The van der Waals surface area contributed by atoms with E-state index in [4.69, 9.17) is 4.42 Å². The summed E-state index contributed by atoms with van der Waals surface area (Å²) in [5, 5.41) is 9.76. The molecule has 10 aromatic rings. The van der Waals surface area contributed by atoms with Gasteiger partial charge in [-0.2, -0.15) is 0 Å². The van der Waals surface area contributed by atoms with Crippen LogP contribution in [0.2, 0.25) is 0 Å². The maximum atomic E-state index is 6.30. The van der Waals surface area contributed by atoms with Crippen molar-refractivity contribution in [2.24, 2.45) is 0 Å². The van der Waals surface area contributed by atoms with E-state index in [1.54, 1.807) is 0 Å². The molecule has 0 bridgehead atoms. The zero-order valence-corrected chi connectivity index (χ0v) is 23.2. The van der Waals surface area contributed by atoms with Gasteiger partial charge in [0.05, 0.1) is 33.1 Å². The van der Waals surface area contributed by atoms with Gasteiger partial charge in [0.2, 0.25) is 0 Å². The smallest absolute Gasteiger partial charge is 0.137 e. The van der Waals surface area contributed by atoms with Gasteiger partial charge in [-0.05, 0) is 77.5 Å². The highest BCUT2D eigenvalue weighted by Gasteiger charge is 2.19. The van der Waals surface area contributed by atoms with Crippen molar-refractivity contribution in [1.82, 2.24) is 9.13 Å². The zero-order chi connectivity index (χ0) is 28.1. The first-order valence-corrected chi connectivity index (χ1v) is 14.7. The van der Waals surface area contributed by atoms with Crippen LogP contribution in [0.4, 0.5) is 0 Å². The van der Waals surface area contributed by atoms with Gasteiger partial charge in [-0.25, -0.2) is 0 Å². The Hall–Kier alpha value is -5.80. The first-order valence-electron chi connectivity index (χ1n) is 14.7. The van der Waals surface area contributed by atoms with Gasteiger partial charge in [-0.3, -0.25) is 0 Å². The third kappa shape index (κ3) is 3.08. The molecular weight excluding hydrogens is 524 g/mol. The van der Waals surface area contributed by atoms with E-state index in [0.29, 0.717) is 0 Å². The van der Waals surface area contributed by atoms with E-state index in [1.165, 1.54) is 60.1 Å². The number of hydrogen-bond donors (Lipinski definition) is 0. The maximum absolute atomic E-state index is 6.30. The third-order valence-corrected chi connectivity index (χ3v) is 9.06. The number of hydrogen-bond acceptors (Lipinski definition) is 1. The molecule has 0 saturated heterocycles. The van der Waals surface area contributed by atoms with Crippen LogP contribution in [0.15, 0.2) is 150 Å². The van der Waals surface area contributed by atoms with Crippen LogP contribution in [0.25, 0.3) is 87.7 Å². The van der Waals surface area contributed by atoms with Gasteiger partial charge < -0.3 is 13.6 Å². The van der Waals surface area contributed by atoms with E-state index in [0.717, 1.165) is 27.6 Å². The predicted octanol–water partition coefficient (Wildman–Crippen LogP) is 10.9. The summed E-state index contributed by atoms with van der Waals surface area (Å²) in [6, 6.07) is 52.4. The number of fused-ring (bicyclic) bond motifs is 10. The first kappa shape index (κ1) is 22.8. The average Bonchev–Trinajstić information content (AvgIpc) is 3.70. The van der Waals surface area contributed by atoms with Crippen LogP contribution >= 0.6 is 0 Å².